The van der Waals surface area contributed by atoms with Gasteiger partial charge in [0, 0.05) is 6.42 Å². The van der Waals surface area contributed by atoms with Gasteiger partial charge in [-0.25, -0.2) is 0 Å². The van der Waals surface area contributed by atoms with E-state index in [1.165, 1.54) is 11.3 Å². The van der Waals surface area contributed by atoms with E-state index < -0.39 is 0 Å². The molecule has 0 aliphatic rings. The Morgan fingerprint density at radius 1 is 1.56 bits per heavy atom. The summed E-state index contributed by atoms with van der Waals surface area (Å²) in [6.07, 6.45) is 2.12. The first-order valence-corrected chi connectivity index (χ1v) is 4.04. The van der Waals surface area contributed by atoms with Gasteiger partial charge in [0.1, 0.15) is 5.01 Å². The van der Waals surface area contributed by atoms with Crippen molar-refractivity contribution in [1.29, 1.82) is 0 Å². The van der Waals surface area contributed by atoms with Crippen LogP contribution < -0.4 is 0 Å². The Bertz CT molecular complexity index is 185. The molecule has 2 nitrogen and oxygen atoms in total. The van der Waals surface area contributed by atoms with Crippen molar-refractivity contribution in [3.8, 4) is 0 Å². The van der Waals surface area contributed by atoms with E-state index in [4.69, 9.17) is 12.6 Å². The monoisotopic (exact) mass is 159 g/mol. The van der Waals surface area contributed by atoms with Crippen LogP contribution in [-0.4, -0.2) is 10.2 Å². The Kier molecular flexibility index (Phi) is 2.36. The van der Waals surface area contributed by atoms with Gasteiger partial charge < -0.3 is 0 Å². The van der Waals surface area contributed by atoms with Crippen molar-refractivity contribution < 1.29 is 0 Å². The van der Waals surface area contributed by atoms with E-state index in [2.05, 4.69) is 17.1 Å². The average molecular weight is 159 g/mol. The van der Waals surface area contributed by atoms with Crippen LogP contribution in [0.3, 0.4) is 0 Å². The summed E-state index contributed by atoms with van der Waals surface area (Å²) < 4.78 is 0.651. The molecule has 0 aromatic carbocycles. The molecule has 0 saturated heterocycles. The van der Waals surface area contributed by atoms with Crippen LogP contribution in [0.1, 0.15) is 18.4 Å². The minimum atomic E-state index is 0.651. The van der Waals surface area contributed by atoms with Crippen LogP contribution >= 0.6 is 24.0 Å². The van der Waals surface area contributed by atoms with Crippen molar-refractivity contribution in [2.75, 3.05) is 0 Å². The second-order valence-electron chi connectivity index (χ2n) is 1.71. The zero-order valence-corrected chi connectivity index (χ0v) is 6.76. The second kappa shape index (κ2) is 3.08. The van der Waals surface area contributed by atoms with Crippen molar-refractivity contribution >= 4 is 24.0 Å². The van der Waals surface area contributed by atoms with E-state index in [-0.39, 0.29) is 0 Å². The van der Waals surface area contributed by atoms with E-state index in [0.29, 0.717) is 4.34 Å². The Balaban J connectivity index is 2.61. The number of nitrogens with zero attached hydrogens (tertiary/aromatic N) is 2. The topological polar surface area (TPSA) is 25.8 Å². The van der Waals surface area contributed by atoms with E-state index in [1.54, 1.807) is 0 Å². The molecule has 0 spiro atoms. The van der Waals surface area contributed by atoms with Gasteiger partial charge in [-0.15, -0.1) is 10.2 Å². The molecule has 0 unspecified atom stereocenters. The molecule has 4 heteroatoms. The van der Waals surface area contributed by atoms with Gasteiger partial charge in [-0.05, 0) is 19.0 Å². The zero-order valence-electron chi connectivity index (χ0n) is 5.13. The van der Waals surface area contributed by atoms with Crippen molar-refractivity contribution in [1.82, 2.24) is 10.2 Å². The Morgan fingerprint density at radius 2 is 2.33 bits per heavy atom. The summed E-state index contributed by atoms with van der Waals surface area (Å²) >= 11 is 6.30. The van der Waals surface area contributed by atoms with Crippen molar-refractivity contribution in [2.45, 2.75) is 24.1 Å². The Hall–Kier alpha value is -0.220. The highest BCUT2D eigenvalue weighted by molar-refractivity contribution is 7.82. The predicted molar refractivity (Wildman–Crippen MR) is 39.8 cm³/mol. The molecule has 0 amide bonds. The summed E-state index contributed by atoms with van der Waals surface area (Å²) in [5, 5.41) is 8.65. The molecular weight excluding hydrogens is 152 g/mol. The normalized spacial score (nSPS) is 9.89. The van der Waals surface area contributed by atoms with E-state index in [9.17, 15) is 0 Å². The third-order valence-electron chi connectivity index (χ3n) is 0.912. The lowest BCUT2D eigenvalue weighted by Crippen LogP contribution is -1.79. The van der Waals surface area contributed by atoms with Crippen LogP contribution in [-0.2, 0) is 6.42 Å². The fourth-order valence-corrected chi connectivity index (χ4v) is 1.55. The molecule has 9 heavy (non-hydrogen) atoms. The smallest absolute Gasteiger partial charge is 0.142 e. The van der Waals surface area contributed by atoms with Gasteiger partial charge in [0.2, 0.25) is 4.34 Å². The van der Waals surface area contributed by atoms with Crippen LogP contribution in [0.5, 0.6) is 0 Å². The van der Waals surface area contributed by atoms with Crippen LogP contribution in [0.2, 0.25) is 0 Å². The molecular formula is C5H7N2S2. The second-order valence-corrected chi connectivity index (χ2v) is 3.42. The van der Waals surface area contributed by atoms with Crippen LogP contribution in [0.4, 0.5) is 0 Å². The van der Waals surface area contributed by atoms with Gasteiger partial charge in [0.05, 0.1) is 0 Å². The van der Waals surface area contributed by atoms with Crippen molar-refractivity contribution in [2.24, 2.45) is 0 Å². The lowest BCUT2D eigenvalue weighted by Gasteiger charge is -1.82. The van der Waals surface area contributed by atoms with Crippen LogP contribution in [0.15, 0.2) is 4.34 Å². The Morgan fingerprint density at radius 3 is 2.78 bits per heavy atom. The molecule has 0 atom stereocenters. The van der Waals surface area contributed by atoms with E-state index in [0.717, 1.165) is 17.8 Å². The minimum Gasteiger partial charge on any atom is -0.142 e. The summed E-state index contributed by atoms with van der Waals surface area (Å²) in [5.74, 6) is 0. The molecule has 1 radical (unpaired) electrons. The number of rotatable bonds is 2. The Labute approximate surface area is 63.7 Å². The third kappa shape index (κ3) is 1.87. The van der Waals surface area contributed by atoms with Crippen molar-refractivity contribution in [3.63, 3.8) is 0 Å². The highest BCUT2D eigenvalue weighted by Crippen LogP contribution is 2.13. The molecule has 0 bridgehead atoms. The zero-order chi connectivity index (χ0) is 6.69. The fraction of sp³-hybridized carbons (Fsp3) is 0.600. The summed E-state index contributed by atoms with van der Waals surface area (Å²) in [6, 6.07) is 0. The van der Waals surface area contributed by atoms with Crippen molar-refractivity contribution in [3.05, 3.63) is 5.01 Å². The average Bonchev–Trinajstić information content (AvgIpc) is 2.17. The first kappa shape index (κ1) is 6.89. The highest BCUT2D eigenvalue weighted by Gasteiger charge is 1.97. The molecule has 0 N–H and O–H groups in total. The van der Waals surface area contributed by atoms with Gasteiger partial charge in [-0.3, -0.25) is 0 Å². The maximum atomic E-state index is 4.79. The molecule has 1 aromatic rings. The van der Waals surface area contributed by atoms with E-state index >= 15 is 0 Å². The van der Waals surface area contributed by atoms with Gasteiger partial charge >= 0.3 is 0 Å². The van der Waals surface area contributed by atoms with Gasteiger partial charge in [0.25, 0.3) is 0 Å². The molecule has 49 valence electrons. The quantitative estimate of drug-likeness (QED) is 0.660. The molecule has 1 rings (SSSR count). The van der Waals surface area contributed by atoms with Crippen LogP contribution in [0, 0.1) is 0 Å². The molecule has 0 saturated carbocycles. The largest absolute Gasteiger partial charge is 0.204 e. The third-order valence-corrected chi connectivity index (χ3v) is 2.02. The SMILES string of the molecule is CCCc1nnc([S])s1. The predicted octanol–water partition coefficient (Wildman–Crippen LogP) is 2.05. The fourth-order valence-electron chi connectivity index (χ4n) is 0.553. The lowest BCUT2D eigenvalue weighted by molar-refractivity contribution is 0.867. The maximum absolute atomic E-state index is 4.79. The summed E-state index contributed by atoms with van der Waals surface area (Å²) in [6.45, 7) is 2.12. The standard InChI is InChI=1S/C5H7N2S2/c1-2-3-4-6-7-5(8)9-4/h2-3H2,1H3. The molecule has 1 heterocycles. The number of aromatic nitrogens is 2. The van der Waals surface area contributed by atoms with E-state index in [1.807, 2.05) is 0 Å². The van der Waals surface area contributed by atoms with Gasteiger partial charge in [-0.1, -0.05) is 18.3 Å². The molecule has 1 aromatic heterocycles. The summed E-state index contributed by atoms with van der Waals surface area (Å²) in [5.41, 5.74) is 0. The molecule has 0 aliphatic heterocycles. The number of hydrogen-bond acceptors (Lipinski definition) is 3. The summed E-state index contributed by atoms with van der Waals surface area (Å²) in [4.78, 5) is 0. The van der Waals surface area contributed by atoms with Crippen LogP contribution in [0.25, 0.3) is 0 Å². The molecule has 0 aliphatic carbocycles. The number of hydrogen-bond donors (Lipinski definition) is 0. The maximum Gasteiger partial charge on any atom is 0.204 e. The first-order valence-electron chi connectivity index (χ1n) is 2.82. The molecule has 0 fully saturated rings. The number of aryl methyl sites for hydroxylation is 1. The minimum absolute atomic E-state index is 0.651. The summed E-state index contributed by atoms with van der Waals surface area (Å²) in [7, 11) is 0. The first-order chi connectivity index (χ1) is 4.33. The highest BCUT2D eigenvalue weighted by atomic mass is 32.2. The lowest BCUT2D eigenvalue weighted by atomic mass is 10.4. The van der Waals surface area contributed by atoms with Gasteiger partial charge in [0.15, 0.2) is 0 Å². The van der Waals surface area contributed by atoms with Gasteiger partial charge in [-0.2, -0.15) is 0 Å².